The van der Waals surface area contributed by atoms with Crippen molar-refractivity contribution in [3.8, 4) is 5.75 Å². The maximum atomic E-state index is 12.2. The van der Waals surface area contributed by atoms with Gasteiger partial charge >= 0.3 is 0 Å². The Morgan fingerprint density at radius 3 is 2.78 bits per heavy atom. The highest BCUT2D eigenvalue weighted by Gasteiger charge is 2.11. The third kappa shape index (κ3) is 2.02. The monoisotopic (exact) mass is 263 g/mol. The molecular formula is C13H10ClNO3. The molecule has 0 unspecified atom stereocenters. The van der Waals surface area contributed by atoms with Crippen molar-refractivity contribution in [1.82, 2.24) is 4.98 Å². The Morgan fingerprint density at radius 2 is 2.11 bits per heavy atom. The molecule has 4 nitrogen and oxygen atoms in total. The number of rotatable bonds is 2. The summed E-state index contributed by atoms with van der Waals surface area (Å²) < 4.78 is 0. The van der Waals surface area contributed by atoms with Gasteiger partial charge in [-0.3, -0.25) is 9.59 Å². The average Bonchev–Trinajstić information content (AvgIpc) is 2.41. The average molecular weight is 264 g/mol. The second-order valence-corrected chi connectivity index (χ2v) is 4.23. The molecule has 92 valence electrons. The van der Waals surface area contributed by atoms with Gasteiger partial charge in [-0.25, -0.2) is 0 Å². The number of hydrogen-bond acceptors (Lipinski definition) is 3. The Labute approximate surface area is 107 Å². The van der Waals surface area contributed by atoms with Gasteiger partial charge in [0.25, 0.3) is 5.56 Å². The summed E-state index contributed by atoms with van der Waals surface area (Å²) in [4.78, 5) is 26.3. The van der Waals surface area contributed by atoms with Gasteiger partial charge in [-0.05, 0) is 24.6 Å². The summed E-state index contributed by atoms with van der Waals surface area (Å²) in [5, 5.41) is 10.4. The number of aromatic nitrogens is 1. The van der Waals surface area contributed by atoms with Crippen molar-refractivity contribution in [2.75, 3.05) is 0 Å². The molecule has 0 amide bonds. The molecule has 2 rings (SSSR count). The Balaban J connectivity index is 3.05. The number of H-pyrrole nitrogens is 1. The van der Waals surface area contributed by atoms with Crippen molar-refractivity contribution in [3.63, 3.8) is 0 Å². The number of aromatic hydroxyl groups is 1. The number of nitrogens with one attached hydrogen (secondary N) is 1. The van der Waals surface area contributed by atoms with E-state index in [-0.39, 0.29) is 12.0 Å². The zero-order valence-corrected chi connectivity index (χ0v) is 10.1. The van der Waals surface area contributed by atoms with Crippen LogP contribution < -0.4 is 11.0 Å². The molecule has 2 aromatic rings. The van der Waals surface area contributed by atoms with Crippen LogP contribution in [-0.2, 0) is 6.42 Å². The lowest BCUT2D eigenvalue weighted by Crippen LogP contribution is -2.08. The van der Waals surface area contributed by atoms with E-state index in [2.05, 4.69) is 11.6 Å². The largest absolute Gasteiger partial charge is 0.503 e. The van der Waals surface area contributed by atoms with Crippen LogP contribution in [0.2, 0.25) is 5.02 Å². The maximum Gasteiger partial charge on any atom is 0.290 e. The van der Waals surface area contributed by atoms with Crippen molar-refractivity contribution >= 4 is 22.5 Å². The van der Waals surface area contributed by atoms with Gasteiger partial charge in [-0.15, -0.1) is 6.58 Å². The number of benzene rings is 1. The fourth-order valence-electron chi connectivity index (χ4n) is 1.74. The Hall–Kier alpha value is -2.07. The number of aromatic amines is 1. The molecule has 1 aromatic heterocycles. The second-order valence-electron chi connectivity index (χ2n) is 3.79. The lowest BCUT2D eigenvalue weighted by atomic mass is 10.1. The predicted octanol–water partition coefficient (Wildman–Crippen LogP) is 1.98. The van der Waals surface area contributed by atoms with E-state index < -0.39 is 16.7 Å². The quantitative estimate of drug-likeness (QED) is 0.814. The van der Waals surface area contributed by atoms with Crippen LogP contribution in [0, 0.1) is 0 Å². The molecule has 18 heavy (non-hydrogen) atoms. The zero-order chi connectivity index (χ0) is 13.3. The first-order valence-corrected chi connectivity index (χ1v) is 5.61. The van der Waals surface area contributed by atoms with E-state index in [0.717, 1.165) is 0 Å². The molecule has 0 spiro atoms. The molecule has 0 fully saturated rings. The van der Waals surface area contributed by atoms with Gasteiger partial charge in [0.2, 0.25) is 0 Å². The van der Waals surface area contributed by atoms with E-state index >= 15 is 0 Å². The summed E-state index contributed by atoms with van der Waals surface area (Å²) in [5.74, 6) is -0.577. The smallest absolute Gasteiger partial charge is 0.290 e. The topological polar surface area (TPSA) is 70.2 Å². The van der Waals surface area contributed by atoms with E-state index in [0.29, 0.717) is 15.9 Å². The van der Waals surface area contributed by atoms with Gasteiger partial charge in [-0.2, -0.15) is 0 Å². The van der Waals surface area contributed by atoms with Gasteiger partial charge in [0.15, 0.2) is 11.2 Å². The first-order valence-electron chi connectivity index (χ1n) is 5.23. The Bertz CT molecular complexity index is 749. The summed E-state index contributed by atoms with van der Waals surface area (Å²) >= 11 is 5.80. The summed E-state index contributed by atoms with van der Waals surface area (Å²) in [6, 6.07) is 4.54. The molecule has 0 aliphatic rings. The predicted molar refractivity (Wildman–Crippen MR) is 71.4 cm³/mol. The third-order valence-electron chi connectivity index (χ3n) is 2.60. The van der Waals surface area contributed by atoms with Gasteiger partial charge < -0.3 is 10.1 Å². The maximum absolute atomic E-state index is 12.2. The molecule has 0 saturated carbocycles. The van der Waals surface area contributed by atoms with Gasteiger partial charge in [0.05, 0.1) is 11.1 Å². The van der Waals surface area contributed by atoms with E-state index in [1.54, 1.807) is 6.07 Å². The normalized spacial score (nSPS) is 10.5. The highest BCUT2D eigenvalue weighted by molar-refractivity contribution is 6.31. The standard InChI is InChI=1S/C13H10ClNO3/c1-2-3-9-11(16)8-5-4-7(14)6-10(8)15-13(18)12(9)17/h2,4-6,17H,1,3H2,(H,15,18). The van der Waals surface area contributed by atoms with E-state index in [9.17, 15) is 14.7 Å². The minimum Gasteiger partial charge on any atom is -0.503 e. The number of halogens is 1. The SMILES string of the molecule is C=CCc1c(O)c(=O)[nH]c2cc(Cl)ccc2c1=O. The molecule has 5 heteroatoms. The van der Waals surface area contributed by atoms with Crippen LogP contribution in [0.3, 0.4) is 0 Å². The van der Waals surface area contributed by atoms with E-state index in [1.165, 1.54) is 18.2 Å². The lowest BCUT2D eigenvalue weighted by Gasteiger charge is -1.94. The first kappa shape index (κ1) is 12.4. The Kier molecular flexibility index (Phi) is 3.21. The molecule has 1 heterocycles. The van der Waals surface area contributed by atoms with Gasteiger partial charge in [-0.1, -0.05) is 17.7 Å². The fraction of sp³-hybridized carbons (Fsp3) is 0.0769. The summed E-state index contributed by atoms with van der Waals surface area (Å²) in [7, 11) is 0. The first-order chi connectivity index (χ1) is 8.54. The van der Waals surface area contributed by atoms with Crippen LogP contribution >= 0.6 is 11.6 Å². The van der Waals surface area contributed by atoms with Crippen LogP contribution in [0.5, 0.6) is 5.75 Å². The number of fused-ring (bicyclic) bond motifs is 1. The summed E-state index contributed by atoms with van der Waals surface area (Å²) in [6.07, 6.45) is 1.58. The minimum atomic E-state index is -0.721. The molecule has 2 N–H and O–H groups in total. The molecule has 0 radical (unpaired) electrons. The molecule has 0 aliphatic heterocycles. The van der Waals surface area contributed by atoms with Crippen LogP contribution in [0.15, 0.2) is 40.4 Å². The highest BCUT2D eigenvalue weighted by Crippen LogP contribution is 2.16. The van der Waals surface area contributed by atoms with Crippen molar-refractivity contribution in [1.29, 1.82) is 0 Å². The molecule has 1 aromatic carbocycles. The lowest BCUT2D eigenvalue weighted by molar-refractivity contribution is 0.462. The van der Waals surface area contributed by atoms with Gasteiger partial charge in [0.1, 0.15) is 0 Å². The Morgan fingerprint density at radius 1 is 1.39 bits per heavy atom. The highest BCUT2D eigenvalue weighted by atomic mass is 35.5. The number of hydrogen-bond donors (Lipinski definition) is 2. The molecule has 0 bridgehead atoms. The minimum absolute atomic E-state index is 0.0311. The van der Waals surface area contributed by atoms with Crippen LogP contribution in [0.25, 0.3) is 10.9 Å². The van der Waals surface area contributed by atoms with Crippen molar-refractivity contribution in [2.45, 2.75) is 6.42 Å². The molecule has 0 atom stereocenters. The van der Waals surface area contributed by atoms with Crippen molar-refractivity contribution in [3.05, 3.63) is 62.0 Å². The zero-order valence-electron chi connectivity index (χ0n) is 9.37. The van der Waals surface area contributed by atoms with Crippen LogP contribution in [0.1, 0.15) is 5.56 Å². The van der Waals surface area contributed by atoms with Crippen molar-refractivity contribution in [2.24, 2.45) is 0 Å². The second kappa shape index (κ2) is 4.66. The molecule has 0 saturated heterocycles. The van der Waals surface area contributed by atoms with Gasteiger partial charge in [0, 0.05) is 10.4 Å². The number of allylic oxidation sites excluding steroid dienone is 1. The summed E-state index contributed by atoms with van der Waals surface area (Å²) in [6.45, 7) is 3.50. The molecule has 0 aliphatic carbocycles. The molecular weight excluding hydrogens is 254 g/mol. The van der Waals surface area contributed by atoms with E-state index in [1.807, 2.05) is 0 Å². The van der Waals surface area contributed by atoms with Crippen molar-refractivity contribution < 1.29 is 5.11 Å². The third-order valence-corrected chi connectivity index (χ3v) is 2.83. The van der Waals surface area contributed by atoms with Crippen LogP contribution in [0.4, 0.5) is 0 Å². The fourth-order valence-corrected chi connectivity index (χ4v) is 1.91. The van der Waals surface area contributed by atoms with E-state index in [4.69, 9.17) is 11.6 Å². The van der Waals surface area contributed by atoms with Crippen LogP contribution in [-0.4, -0.2) is 10.1 Å². The summed E-state index contributed by atoms with van der Waals surface area (Å²) in [5.41, 5.74) is -0.801.